The summed E-state index contributed by atoms with van der Waals surface area (Å²) in [4.78, 5) is 12.7. The van der Waals surface area contributed by atoms with Gasteiger partial charge in [0.05, 0.1) is 16.1 Å². The van der Waals surface area contributed by atoms with E-state index in [9.17, 15) is 18.3 Å². The zero-order chi connectivity index (χ0) is 18.1. The number of thioether (sulfide) groups is 1. The minimum atomic E-state index is -3.47. The highest BCUT2D eigenvalue weighted by molar-refractivity contribution is 7.98. The first-order valence-electron chi connectivity index (χ1n) is 7.03. The number of aromatic nitrogens is 2. The second-order valence-corrected chi connectivity index (χ2v) is 8.78. The normalized spacial score (nSPS) is 11.7. The second kappa shape index (κ2) is 7.16. The molecule has 130 valence electrons. The standard InChI is InChI=1S/C15H17ClN2O4S2/c1-4-23-8-11-12(24(3,21)22)6-5-9(13(11)16)14(19)10-7-17-18(2)15(10)20/h5-7,20H,4,8H2,1-3H3. The largest absolute Gasteiger partial charge is 0.493 e. The first kappa shape index (κ1) is 18.8. The summed E-state index contributed by atoms with van der Waals surface area (Å²) < 4.78 is 25.1. The van der Waals surface area contributed by atoms with E-state index >= 15 is 0 Å². The van der Waals surface area contributed by atoms with Crippen molar-refractivity contribution < 1.29 is 18.3 Å². The van der Waals surface area contributed by atoms with E-state index in [1.807, 2.05) is 6.92 Å². The van der Waals surface area contributed by atoms with Crippen molar-refractivity contribution in [3.63, 3.8) is 0 Å². The number of ketones is 1. The molecule has 0 unspecified atom stereocenters. The molecule has 0 saturated heterocycles. The molecule has 0 spiro atoms. The van der Waals surface area contributed by atoms with Crippen LogP contribution in [0.2, 0.25) is 5.02 Å². The van der Waals surface area contributed by atoms with E-state index in [1.54, 1.807) is 0 Å². The molecule has 0 atom stereocenters. The molecule has 0 aliphatic carbocycles. The summed E-state index contributed by atoms with van der Waals surface area (Å²) in [6.45, 7) is 1.95. The average Bonchev–Trinajstić information content (AvgIpc) is 2.84. The van der Waals surface area contributed by atoms with Gasteiger partial charge in [0.25, 0.3) is 0 Å². The number of hydrogen-bond donors (Lipinski definition) is 1. The van der Waals surface area contributed by atoms with E-state index < -0.39 is 15.6 Å². The topological polar surface area (TPSA) is 89.3 Å². The number of sulfone groups is 1. The average molecular weight is 389 g/mol. The van der Waals surface area contributed by atoms with Crippen LogP contribution in [0.1, 0.15) is 28.4 Å². The Balaban J connectivity index is 2.60. The smallest absolute Gasteiger partial charge is 0.220 e. The maximum Gasteiger partial charge on any atom is 0.220 e. The Kier molecular flexibility index (Phi) is 5.62. The second-order valence-electron chi connectivity index (χ2n) is 5.15. The van der Waals surface area contributed by atoms with Gasteiger partial charge in [-0.25, -0.2) is 13.1 Å². The third-order valence-electron chi connectivity index (χ3n) is 3.45. The number of hydrogen-bond acceptors (Lipinski definition) is 6. The van der Waals surface area contributed by atoms with Gasteiger partial charge in [-0.15, -0.1) is 0 Å². The third-order valence-corrected chi connectivity index (χ3v) is 5.96. The van der Waals surface area contributed by atoms with Crippen LogP contribution in [0.15, 0.2) is 23.2 Å². The molecule has 2 rings (SSSR count). The number of halogens is 1. The molecule has 0 aliphatic heterocycles. The Morgan fingerprint density at radius 3 is 2.54 bits per heavy atom. The number of benzene rings is 1. The molecule has 24 heavy (non-hydrogen) atoms. The maximum atomic E-state index is 12.6. The molecule has 9 heteroatoms. The highest BCUT2D eigenvalue weighted by Gasteiger charge is 2.24. The van der Waals surface area contributed by atoms with Crippen molar-refractivity contribution in [2.24, 2.45) is 7.05 Å². The summed E-state index contributed by atoms with van der Waals surface area (Å²) in [6.07, 6.45) is 2.35. The molecule has 2 aromatic rings. The van der Waals surface area contributed by atoms with Crippen LogP contribution in [-0.4, -0.2) is 41.1 Å². The van der Waals surface area contributed by atoms with Crippen molar-refractivity contribution in [3.05, 3.63) is 40.0 Å². The number of carbonyl (C=O) groups is 1. The molecule has 1 aromatic heterocycles. The SMILES string of the molecule is CCSCc1c(S(C)(=O)=O)ccc(C(=O)c2cnn(C)c2O)c1Cl. The van der Waals surface area contributed by atoms with Crippen molar-refractivity contribution in [2.45, 2.75) is 17.6 Å². The van der Waals surface area contributed by atoms with Crippen LogP contribution in [0, 0.1) is 0 Å². The molecule has 0 saturated carbocycles. The van der Waals surface area contributed by atoms with Crippen molar-refractivity contribution >= 4 is 39.0 Å². The van der Waals surface area contributed by atoms with Gasteiger partial charge in [-0.05, 0) is 23.4 Å². The van der Waals surface area contributed by atoms with Crippen molar-refractivity contribution in [2.75, 3.05) is 12.0 Å². The third kappa shape index (κ3) is 3.60. The Morgan fingerprint density at radius 1 is 1.38 bits per heavy atom. The Hall–Kier alpha value is -1.51. The van der Waals surface area contributed by atoms with Crippen molar-refractivity contribution in [1.29, 1.82) is 0 Å². The summed E-state index contributed by atoms with van der Waals surface area (Å²) in [5.74, 6) is 0.375. The van der Waals surface area contributed by atoms with Crippen LogP contribution in [0.4, 0.5) is 0 Å². The molecular formula is C15H17ClN2O4S2. The van der Waals surface area contributed by atoms with Gasteiger partial charge in [0.1, 0.15) is 5.56 Å². The number of nitrogens with zero attached hydrogens (tertiary/aromatic N) is 2. The monoisotopic (exact) mass is 388 g/mol. The van der Waals surface area contributed by atoms with Crippen molar-refractivity contribution in [3.8, 4) is 5.88 Å². The van der Waals surface area contributed by atoms with Gasteiger partial charge >= 0.3 is 0 Å². The number of aryl methyl sites for hydroxylation is 1. The highest BCUT2D eigenvalue weighted by Crippen LogP contribution is 2.33. The number of rotatable bonds is 6. The predicted molar refractivity (Wildman–Crippen MR) is 94.7 cm³/mol. The lowest BCUT2D eigenvalue weighted by molar-refractivity contribution is 0.103. The van der Waals surface area contributed by atoms with E-state index in [-0.39, 0.29) is 26.9 Å². The van der Waals surface area contributed by atoms with Gasteiger partial charge in [-0.2, -0.15) is 16.9 Å². The van der Waals surface area contributed by atoms with Crippen LogP contribution in [0.5, 0.6) is 5.88 Å². The predicted octanol–water partition coefficient (Wildman–Crippen LogP) is 2.67. The van der Waals surface area contributed by atoms with E-state index in [0.717, 1.165) is 12.0 Å². The Labute approximate surface area is 149 Å². The molecule has 0 fully saturated rings. The van der Waals surface area contributed by atoms with Crippen LogP contribution in [0.3, 0.4) is 0 Å². The molecule has 1 aromatic carbocycles. The Morgan fingerprint density at radius 2 is 2.04 bits per heavy atom. The summed E-state index contributed by atoms with van der Waals surface area (Å²) in [6, 6.07) is 2.75. The molecular weight excluding hydrogens is 372 g/mol. The number of aromatic hydroxyl groups is 1. The minimum absolute atomic E-state index is 0.0144. The fourth-order valence-corrected chi connectivity index (χ4v) is 4.39. The van der Waals surface area contributed by atoms with E-state index in [4.69, 9.17) is 11.6 Å². The van der Waals surface area contributed by atoms with E-state index in [2.05, 4.69) is 5.10 Å². The van der Waals surface area contributed by atoms with Crippen LogP contribution >= 0.6 is 23.4 Å². The van der Waals surface area contributed by atoms with Crippen molar-refractivity contribution in [1.82, 2.24) is 9.78 Å². The minimum Gasteiger partial charge on any atom is -0.493 e. The van der Waals surface area contributed by atoms with Gasteiger partial charge in [-0.3, -0.25) is 4.79 Å². The molecule has 0 radical (unpaired) electrons. The summed E-state index contributed by atoms with van der Waals surface area (Å²) >= 11 is 7.86. The first-order chi connectivity index (χ1) is 11.2. The van der Waals surface area contributed by atoms with Gasteiger partial charge in [0, 0.05) is 24.6 Å². The summed E-state index contributed by atoms with van der Waals surface area (Å²) in [7, 11) is -1.97. The molecule has 0 bridgehead atoms. The van der Waals surface area contributed by atoms with Gasteiger partial charge in [0.15, 0.2) is 9.84 Å². The van der Waals surface area contributed by atoms with E-state index in [1.165, 1.54) is 41.8 Å². The van der Waals surface area contributed by atoms with Crippen LogP contribution in [0.25, 0.3) is 0 Å². The lowest BCUT2D eigenvalue weighted by Gasteiger charge is -2.13. The molecule has 0 amide bonds. The van der Waals surface area contributed by atoms with Gasteiger partial charge < -0.3 is 5.11 Å². The zero-order valence-corrected chi connectivity index (χ0v) is 15.8. The molecule has 1 heterocycles. The highest BCUT2D eigenvalue weighted by atomic mass is 35.5. The Bertz CT molecular complexity index is 891. The summed E-state index contributed by atoms with van der Waals surface area (Å²) in [5.41, 5.74) is 0.555. The lowest BCUT2D eigenvalue weighted by atomic mass is 10.0. The molecule has 6 nitrogen and oxygen atoms in total. The zero-order valence-electron chi connectivity index (χ0n) is 13.4. The quantitative estimate of drug-likeness (QED) is 0.765. The fourth-order valence-electron chi connectivity index (χ4n) is 2.20. The molecule has 0 aliphatic rings. The van der Waals surface area contributed by atoms with E-state index in [0.29, 0.717) is 11.3 Å². The first-order valence-corrected chi connectivity index (χ1v) is 10.5. The number of carbonyl (C=O) groups excluding carboxylic acids is 1. The van der Waals surface area contributed by atoms with Crippen LogP contribution in [-0.2, 0) is 22.6 Å². The van der Waals surface area contributed by atoms with Gasteiger partial charge in [-0.1, -0.05) is 18.5 Å². The molecule has 1 N–H and O–H groups in total. The fraction of sp³-hybridized carbons (Fsp3) is 0.333. The summed E-state index contributed by atoms with van der Waals surface area (Å²) in [5, 5.41) is 13.8. The maximum absolute atomic E-state index is 12.6. The van der Waals surface area contributed by atoms with Gasteiger partial charge in [0.2, 0.25) is 11.7 Å². The lowest BCUT2D eigenvalue weighted by Crippen LogP contribution is -2.08. The van der Waals surface area contributed by atoms with Crippen LogP contribution < -0.4 is 0 Å².